The Morgan fingerprint density at radius 1 is 1.11 bits per heavy atom. The van der Waals surface area contributed by atoms with E-state index >= 15 is 0 Å². The van der Waals surface area contributed by atoms with E-state index in [0.29, 0.717) is 48.6 Å². The first-order chi connectivity index (χ1) is 13.2. The van der Waals surface area contributed by atoms with E-state index in [2.05, 4.69) is 16.0 Å². The summed E-state index contributed by atoms with van der Waals surface area (Å²) >= 11 is 0. The maximum Gasteiger partial charge on any atom is 0.254 e. The number of nitriles is 1. The minimum atomic E-state index is -0.289. The number of piperazine rings is 1. The molecule has 1 N–H and O–H groups in total. The number of H-pyrrole nitrogens is 1. The smallest absolute Gasteiger partial charge is 0.254 e. The fourth-order valence-electron chi connectivity index (χ4n) is 3.41. The van der Waals surface area contributed by atoms with Crippen molar-refractivity contribution < 1.29 is 4.79 Å². The van der Waals surface area contributed by atoms with Crippen molar-refractivity contribution in [3.8, 4) is 6.07 Å². The van der Waals surface area contributed by atoms with Gasteiger partial charge < -0.3 is 14.8 Å². The molecule has 0 spiro atoms. The molecule has 1 amide bonds. The van der Waals surface area contributed by atoms with Crippen LogP contribution in [0.4, 0.5) is 5.82 Å². The predicted molar refractivity (Wildman–Crippen MR) is 102 cm³/mol. The second-order valence-corrected chi connectivity index (χ2v) is 6.36. The normalized spacial score (nSPS) is 14.2. The first-order valence-corrected chi connectivity index (χ1v) is 8.69. The topological polar surface area (TPSA) is 93.1 Å². The fraction of sp³-hybridized carbons (Fsp3) is 0.200. The predicted octanol–water partition coefficient (Wildman–Crippen LogP) is 1.76. The zero-order valence-corrected chi connectivity index (χ0v) is 14.6. The lowest BCUT2D eigenvalue weighted by Crippen LogP contribution is -2.49. The molecule has 7 heteroatoms. The number of nitrogens with zero attached hydrogens (tertiary/aromatic N) is 4. The van der Waals surface area contributed by atoms with Gasteiger partial charge in [0.1, 0.15) is 11.9 Å². The Kier molecular flexibility index (Phi) is 4.30. The molecule has 3 aromatic rings. The molecule has 134 valence electrons. The summed E-state index contributed by atoms with van der Waals surface area (Å²) in [6, 6.07) is 14.3. The van der Waals surface area contributed by atoms with Gasteiger partial charge in [-0.3, -0.25) is 9.59 Å². The minimum Gasteiger partial charge on any atom is -0.352 e. The Labute approximate surface area is 155 Å². The third kappa shape index (κ3) is 3.13. The van der Waals surface area contributed by atoms with Crippen molar-refractivity contribution in [3.05, 3.63) is 70.1 Å². The largest absolute Gasteiger partial charge is 0.352 e. The lowest BCUT2D eigenvalue weighted by Gasteiger charge is -2.35. The summed E-state index contributed by atoms with van der Waals surface area (Å²) < 4.78 is 0. The molecule has 0 atom stereocenters. The number of rotatable bonds is 2. The van der Waals surface area contributed by atoms with Crippen LogP contribution in [-0.2, 0) is 0 Å². The molecule has 0 bridgehead atoms. The average molecular weight is 359 g/mol. The molecule has 0 aliphatic carbocycles. The molecule has 27 heavy (non-hydrogen) atoms. The lowest BCUT2D eigenvalue weighted by molar-refractivity contribution is 0.0748. The van der Waals surface area contributed by atoms with Gasteiger partial charge in [0, 0.05) is 49.3 Å². The molecule has 3 heterocycles. The summed E-state index contributed by atoms with van der Waals surface area (Å²) in [4.78, 5) is 35.8. The van der Waals surface area contributed by atoms with Crippen molar-refractivity contribution in [2.45, 2.75) is 0 Å². The molecule has 1 aliphatic heterocycles. The van der Waals surface area contributed by atoms with E-state index in [9.17, 15) is 14.9 Å². The van der Waals surface area contributed by atoms with Crippen LogP contribution in [0.15, 0.2) is 53.5 Å². The molecular weight excluding hydrogens is 342 g/mol. The summed E-state index contributed by atoms with van der Waals surface area (Å²) in [6.07, 6.45) is 1.66. The van der Waals surface area contributed by atoms with Gasteiger partial charge in [-0.05, 0) is 18.2 Å². The SMILES string of the molecule is N#Cc1cccnc1N1CCN(C(=O)c2cc(=O)[nH]c3ccccc23)CC1. The van der Waals surface area contributed by atoms with E-state index in [1.165, 1.54) is 6.07 Å². The van der Waals surface area contributed by atoms with Crippen LogP contribution < -0.4 is 10.5 Å². The Morgan fingerprint density at radius 2 is 1.89 bits per heavy atom. The highest BCUT2D eigenvalue weighted by Gasteiger charge is 2.25. The number of nitrogens with one attached hydrogen (secondary N) is 1. The van der Waals surface area contributed by atoms with Crippen LogP contribution >= 0.6 is 0 Å². The van der Waals surface area contributed by atoms with Gasteiger partial charge in [-0.1, -0.05) is 18.2 Å². The number of carbonyl (C=O) groups excluding carboxylic acids is 1. The number of hydrogen-bond donors (Lipinski definition) is 1. The maximum absolute atomic E-state index is 13.0. The van der Waals surface area contributed by atoms with E-state index in [1.54, 1.807) is 29.3 Å². The molecule has 7 nitrogen and oxygen atoms in total. The number of hydrogen-bond acceptors (Lipinski definition) is 5. The monoisotopic (exact) mass is 359 g/mol. The standard InChI is InChI=1S/C20H17N5O2/c21-13-14-4-3-7-22-19(14)24-8-10-25(11-9-24)20(27)16-12-18(26)23-17-6-2-1-5-15(16)17/h1-7,12H,8-11H2,(H,23,26). The highest BCUT2D eigenvalue weighted by atomic mass is 16.2. The van der Waals surface area contributed by atoms with Crippen molar-refractivity contribution in [2.75, 3.05) is 31.1 Å². The van der Waals surface area contributed by atoms with Crippen molar-refractivity contribution in [3.63, 3.8) is 0 Å². The Balaban J connectivity index is 1.56. The highest BCUT2D eigenvalue weighted by Crippen LogP contribution is 2.21. The third-order valence-electron chi connectivity index (χ3n) is 4.75. The summed E-state index contributed by atoms with van der Waals surface area (Å²) in [6.45, 7) is 2.17. The van der Waals surface area contributed by atoms with Crippen molar-refractivity contribution in [2.24, 2.45) is 0 Å². The second kappa shape index (κ2) is 6.92. The zero-order valence-electron chi connectivity index (χ0n) is 14.6. The number of pyridine rings is 2. The number of aromatic nitrogens is 2. The van der Waals surface area contributed by atoms with E-state index in [4.69, 9.17) is 0 Å². The van der Waals surface area contributed by atoms with Gasteiger partial charge >= 0.3 is 0 Å². The highest BCUT2D eigenvalue weighted by molar-refractivity contribution is 6.06. The molecule has 1 aromatic carbocycles. The lowest BCUT2D eigenvalue weighted by atomic mass is 10.1. The number of anilines is 1. The van der Waals surface area contributed by atoms with Crippen LogP contribution in [-0.4, -0.2) is 47.0 Å². The number of carbonyl (C=O) groups is 1. The van der Waals surface area contributed by atoms with Crippen LogP contribution in [0, 0.1) is 11.3 Å². The Hall–Kier alpha value is -3.66. The first kappa shape index (κ1) is 16.8. The molecule has 4 rings (SSSR count). The van der Waals surface area contributed by atoms with Gasteiger partial charge in [0.05, 0.1) is 11.1 Å². The van der Waals surface area contributed by atoms with Gasteiger partial charge in [0.15, 0.2) is 0 Å². The average Bonchev–Trinajstić information content (AvgIpc) is 2.72. The van der Waals surface area contributed by atoms with Gasteiger partial charge in [0.25, 0.3) is 5.91 Å². The molecule has 1 fully saturated rings. The van der Waals surface area contributed by atoms with Gasteiger partial charge in [-0.2, -0.15) is 5.26 Å². The van der Waals surface area contributed by atoms with Crippen LogP contribution in [0.2, 0.25) is 0 Å². The zero-order chi connectivity index (χ0) is 18.8. The second-order valence-electron chi connectivity index (χ2n) is 6.36. The van der Waals surface area contributed by atoms with Crippen molar-refractivity contribution >= 4 is 22.6 Å². The molecular formula is C20H17N5O2. The number of para-hydroxylation sites is 1. The van der Waals surface area contributed by atoms with E-state index < -0.39 is 0 Å². The van der Waals surface area contributed by atoms with E-state index in [0.717, 1.165) is 5.39 Å². The quantitative estimate of drug-likeness (QED) is 0.752. The summed E-state index contributed by atoms with van der Waals surface area (Å²) in [5.74, 6) is 0.493. The first-order valence-electron chi connectivity index (χ1n) is 8.69. The van der Waals surface area contributed by atoms with E-state index in [1.807, 2.05) is 23.1 Å². The molecule has 1 aliphatic rings. The Morgan fingerprint density at radius 3 is 2.67 bits per heavy atom. The van der Waals surface area contributed by atoms with Gasteiger partial charge in [-0.15, -0.1) is 0 Å². The van der Waals surface area contributed by atoms with Crippen LogP contribution in [0.5, 0.6) is 0 Å². The number of amides is 1. The third-order valence-corrected chi connectivity index (χ3v) is 4.75. The number of benzene rings is 1. The summed E-state index contributed by atoms with van der Waals surface area (Å²) in [5.41, 5.74) is 1.30. The fourth-order valence-corrected chi connectivity index (χ4v) is 3.41. The van der Waals surface area contributed by atoms with Crippen LogP contribution in [0.3, 0.4) is 0 Å². The van der Waals surface area contributed by atoms with E-state index in [-0.39, 0.29) is 11.5 Å². The van der Waals surface area contributed by atoms with Crippen molar-refractivity contribution in [1.29, 1.82) is 5.26 Å². The summed E-state index contributed by atoms with van der Waals surface area (Å²) in [5, 5.41) is 9.99. The molecule has 2 aromatic heterocycles. The number of aromatic amines is 1. The molecule has 0 radical (unpaired) electrons. The summed E-state index contributed by atoms with van der Waals surface area (Å²) in [7, 11) is 0. The van der Waals surface area contributed by atoms with Crippen LogP contribution in [0.1, 0.15) is 15.9 Å². The molecule has 0 saturated carbocycles. The molecule has 0 unspecified atom stereocenters. The Bertz CT molecular complexity index is 1110. The van der Waals surface area contributed by atoms with Gasteiger partial charge in [0.2, 0.25) is 5.56 Å². The molecule has 1 saturated heterocycles. The van der Waals surface area contributed by atoms with Crippen molar-refractivity contribution in [1.82, 2.24) is 14.9 Å². The minimum absolute atomic E-state index is 0.154. The maximum atomic E-state index is 13.0. The number of fused-ring (bicyclic) bond motifs is 1. The van der Waals surface area contributed by atoms with Crippen LogP contribution in [0.25, 0.3) is 10.9 Å². The van der Waals surface area contributed by atoms with Gasteiger partial charge in [-0.25, -0.2) is 4.98 Å².